The highest BCUT2D eigenvalue weighted by Crippen LogP contribution is 2.14. The molecule has 1 fully saturated rings. The molecule has 2 aromatic heterocycles. The summed E-state index contributed by atoms with van der Waals surface area (Å²) in [6, 6.07) is 3.95. The molecule has 1 aliphatic rings. The van der Waals surface area contributed by atoms with Crippen LogP contribution in [0.5, 0.6) is 0 Å². The van der Waals surface area contributed by atoms with Crippen LogP contribution < -0.4 is 16.0 Å². The Kier molecular flexibility index (Phi) is 8.25. The van der Waals surface area contributed by atoms with Gasteiger partial charge >= 0.3 is 0 Å². The summed E-state index contributed by atoms with van der Waals surface area (Å²) in [7, 11) is 0. The number of rotatable bonds is 9. The number of hydrogen-bond acceptors (Lipinski definition) is 6. The number of carbonyl (C=O) groups is 1. The number of furan rings is 1. The molecule has 0 aromatic carbocycles. The van der Waals surface area contributed by atoms with E-state index in [9.17, 15) is 4.79 Å². The van der Waals surface area contributed by atoms with Gasteiger partial charge in [-0.3, -0.25) is 14.8 Å². The summed E-state index contributed by atoms with van der Waals surface area (Å²) in [6.07, 6.45) is 4.50. The van der Waals surface area contributed by atoms with Crippen molar-refractivity contribution in [3.05, 3.63) is 24.2 Å². The average molecular weight is 417 g/mol. The van der Waals surface area contributed by atoms with E-state index in [0.29, 0.717) is 36.5 Å². The zero-order valence-electron chi connectivity index (χ0n) is 17.8. The first-order chi connectivity index (χ1) is 14.7. The number of amides is 1. The van der Waals surface area contributed by atoms with Crippen LogP contribution in [-0.2, 0) is 11.3 Å². The van der Waals surface area contributed by atoms with E-state index in [4.69, 9.17) is 4.42 Å². The fourth-order valence-corrected chi connectivity index (χ4v) is 3.31. The van der Waals surface area contributed by atoms with Gasteiger partial charge in [-0.1, -0.05) is 6.92 Å². The van der Waals surface area contributed by atoms with Crippen molar-refractivity contribution in [2.75, 3.05) is 32.7 Å². The Bertz CT molecular complexity index is 794. The summed E-state index contributed by atoms with van der Waals surface area (Å²) in [4.78, 5) is 23.1. The summed E-state index contributed by atoms with van der Waals surface area (Å²) in [5.74, 6) is 2.69. The molecule has 30 heavy (non-hydrogen) atoms. The van der Waals surface area contributed by atoms with Crippen LogP contribution in [0.4, 0.5) is 0 Å². The van der Waals surface area contributed by atoms with E-state index in [1.54, 1.807) is 12.3 Å². The number of H-pyrrole nitrogens is 1. The molecule has 1 saturated heterocycles. The van der Waals surface area contributed by atoms with Gasteiger partial charge in [-0.05, 0) is 38.3 Å². The molecule has 0 saturated carbocycles. The maximum absolute atomic E-state index is 11.9. The Balaban J connectivity index is 1.47. The van der Waals surface area contributed by atoms with Crippen molar-refractivity contribution in [1.29, 1.82) is 0 Å². The number of piperidine rings is 1. The minimum atomic E-state index is 0.110. The minimum absolute atomic E-state index is 0.110. The van der Waals surface area contributed by atoms with E-state index >= 15 is 0 Å². The smallest absolute Gasteiger partial charge is 0.234 e. The van der Waals surface area contributed by atoms with Crippen molar-refractivity contribution in [3.63, 3.8) is 0 Å². The third kappa shape index (κ3) is 6.58. The predicted molar refractivity (Wildman–Crippen MR) is 115 cm³/mol. The third-order valence-corrected chi connectivity index (χ3v) is 4.87. The Morgan fingerprint density at radius 1 is 1.33 bits per heavy atom. The number of nitrogens with zero attached hydrogens (tertiary/aromatic N) is 4. The number of likely N-dealkylation sites (tertiary alicyclic amines) is 1. The van der Waals surface area contributed by atoms with Crippen molar-refractivity contribution in [2.45, 2.75) is 45.7 Å². The van der Waals surface area contributed by atoms with E-state index in [1.165, 1.54) is 0 Å². The maximum atomic E-state index is 11.9. The molecule has 2 aromatic rings. The van der Waals surface area contributed by atoms with Gasteiger partial charge in [-0.25, -0.2) is 9.98 Å². The molecule has 10 heteroatoms. The molecule has 4 N–H and O–H groups in total. The molecule has 0 radical (unpaired) electrons. The number of aromatic nitrogens is 3. The van der Waals surface area contributed by atoms with Gasteiger partial charge in [0, 0.05) is 32.2 Å². The van der Waals surface area contributed by atoms with Gasteiger partial charge in [-0.2, -0.15) is 0 Å². The molecule has 0 atom stereocenters. The van der Waals surface area contributed by atoms with Crippen LogP contribution in [0.2, 0.25) is 0 Å². The highest BCUT2D eigenvalue weighted by Gasteiger charge is 2.21. The predicted octanol–water partition coefficient (Wildman–Crippen LogP) is 1.11. The van der Waals surface area contributed by atoms with Gasteiger partial charge in [0.25, 0.3) is 0 Å². The van der Waals surface area contributed by atoms with Crippen LogP contribution in [-0.4, -0.2) is 70.7 Å². The highest BCUT2D eigenvalue weighted by atomic mass is 16.3. The molecule has 10 nitrogen and oxygen atoms in total. The first-order valence-corrected chi connectivity index (χ1v) is 10.7. The van der Waals surface area contributed by atoms with E-state index in [-0.39, 0.29) is 5.91 Å². The van der Waals surface area contributed by atoms with Gasteiger partial charge in [0.1, 0.15) is 12.4 Å². The lowest BCUT2D eigenvalue weighted by molar-refractivity contribution is -0.122. The largest absolute Gasteiger partial charge is 0.461 e. The quantitative estimate of drug-likeness (QED) is 0.357. The Labute approximate surface area is 176 Å². The van der Waals surface area contributed by atoms with E-state index in [1.807, 2.05) is 13.0 Å². The molecular weight excluding hydrogens is 384 g/mol. The first kappa shape index (κ1) is 21.8. The molecule has 0 unspecified atom stereocenters. The standard InChI is InChI=1S/C20H32N8O2/c1-3-9-22-18(29)14-28-10-7-15(8-11-28)24-20(21-4-2)23-13-17-25-19(27-26-17)16-6-5-12-30-16/h5-6,12,15H,3-4,7-11,13-14H2,1-2H3,(H,22,29)(H2,21,23,24)(H,25,26,27). The topological polar surface area (TPSA) is 123 Å². The monoisotopic (exact) mass is 416 g/mol. The van der Waals surface area contributed by atoms with Gasteiger partial charge in [-0.15, -0.1) is 5.10 Å². The lowest BCUT2D eigenvalue weighted by Gasteiger charge is -2.32. The van der Waals surface area contributed by atoms with Crippen LogP contribution in [0, 0.1) is 0 Å². The Morgan fingerprint density at radius 3 is 2.87 bits per heavy atom. The highest BCUT2D eigenvalue weighted by molar-refractivity contribution is 5.80. The number of hydrogen-bond donors (Lipinski definition) is 4. The van der Waals surface area contributed by atoms with Crippen molar-refractivity contribution in [1.82, 2.24) is 36.0 Å². The maximum Gasteiger partial charge on any atom is 0.234 e. The van der Waals surface area contributed by atoms with E-state index < -0.39 is 0 Å². The van der Waals surface area contributed by atoms with Crippen molar-refractivity contribution >= 4 is 11.9 Å². The molecule has 164 valence electrons. The van der Waals surface area contributed by atoms with Gasteiger partial charge in [0.15, 0.2) is 11.7 Å². The SMILES string of the molecule is CCCNC(=O)CN1CCC(NC(=NCc2nc(-c3ccco3)n[nH]2)NCC)CC1. The molecule has 1 aliphatic heterocycles. The Hall–Kier alpha value is -2.88. The van der Waals surface area contributed by atoms with Crippen LogP contribution >= 0.6 is 0 Å². The second-order valence-electron chi connectivity index (χ2n) is 7.32. The number of carbonyl (C=O) groups excluding carboxylic acids is 1. The lowest BCUT2D eigenvalue weighted by Crippen LogP contribution is -2.50. The summed E-state index contributed by atoms with van der Waals surface area (Å²) < 4.78 is 5.31. The molecule has 3 rings (SSSR count). The molecule has 0 aliphatic carbocycles. The van der Waals surface area contributed by atoms with E-state index in [0.717, 1.165) is 51.4 Å². The van der Waals surface area contributed by atoms with Gasteiger partial charge in [0.2, 0.25) is 11.7 Å². The summed E-state index contributed by atoms with van der Waals surface area (Å²) in [5, 5.41) is 16.8. The second kappa shape index (κ2) is 11.3. The number of aliphatic imine (C=N–C) groups is 1. The molecule has 0 bridgehead atoms. The number of guanidine groups is 1. The first-order valence-electron chi connectivity index (χ1n) is 10.7. The lowest BCUT2D eigenvalue weighted by atomic mass is 10.1. The normalized spacial score (nSPS) is 15.9. The molecule has 3 heterocycles. The zero-order chi connectivity index (χ0) is 21.2. The van der Waals surface area contributed by atoms with E-state index in [2.05, 4.69) is 47.9 Å². The fourth-order valence-electron chi connectivity index (χ4n) is 3.31. The van der Waals surface area contributed by atoms with Crippen molar-refractivity contribution in [3.8, 4) is 11.6 Å². The van der Waals surface area contributed by atoms with Crippen LogP contribution in [0.1, 0.15) is 38.9 Å². The summed E-state index contributed by atoms with van der Waals surface area (Å²) >= 11 is 0. The minimum Gasteiger partial charge on any atom is -0.461 e. The van der Waals surface area contributed by atoms with Gasteiger partial charge < -0.3 is 20.4 Å². The molecule has 0 spiro atoms. The zero-order valence-corrected chi connectivity index (χ0v) is 17.8. The molecule has 1 amide bonds. The van der Waals surface area contributed by atoms with Crippen molar-refractivity contribution in [2.24, 2.45) is 4.99 Å². The molecular formula is C20H32N8O2. The summed E-state index contributed by atoms with van der Waals surface area (Å²) in [6.45, 7) is 8.27. The van der Waals surface area contributed by atoms with Crippen molar-refractivity contribution < 1.29 is 9.21 Å². The average Bonchev–Trinajstić information content (AvgIpc) is 3.44. The van der Waals surface area contributed by atoms with Crippen LogP contribution in [0.25, 0.3) is 11.6 Å². The third-order valence-electron chi connectivity index (χ3n) is 4.87. The fraction of sp³-hybridized carbons (Fsp3) is 0.600. The summed E-state index contributed by atoms with van der Waals surface area (Å²) in [5.41, 5.74) is 0. The second-order valence-corrected chi connectivity index (χ2v) is 7.32. The van der Waals surface area contributed by atoms with Crippen LogP contribution in [0.3, 0.4) is 0 Å². The number of aromatic amines is 1. The van der Waals surface area contributed by atoms with Crippen LogP contribution in [0.15, 0.2) is 27.8 Å². The number of nitrogens with one attached hydrogen (secondary N) is 4. The Morgan fingerprint density at radius 2 is 2.17 bits per heavy atom. The van der Waals surface area contributed by atoms with Gasteiger partial charge in [0.05, 0.1) is 12.8 Å².